The molecule has 6 nitrogen and oxygen atoms in total. The van der Waals surface area contributed by atoms with Crippen molar-refractivity contribution in [1.29, 1.82) is 0 Å². The fourth-order valence-electron chi connectivity index (χ4n) is 3.86. The summed E-state index contributed by atoms with van der Waals surface area (Å²) in [6.45, 7) is 2.08. The summed E-state index contributed by atoms with van der Waals surface area (Å²) < 4.78 is 7.16. The van der Waals surface area contributed by atoms with Crippen LogP contribution in [-0.2, 0) is 5.54 Å². The molecule has 0 atom stereocenters. The number of aromatic nitrogens is 4. The Bertz CT molecular complexity index is 880. The zero-order valence-electron chi connectivity index (χ0n) is 15.9. The molecule has 1 aliphatic rings. The van der Waals surface area contributed by atoms with E-state index in [9.17, 15) is 0 Å². The van der Waals surface area contributed by atoms with Gasteiger partial charge < -0.3 is 10.1 Å². The van der Waals surface area contributed by atoms with E-state index in [4.69, 9.17) is 4.74 Å². The number of aryl methyl sites for hydroxylation is 1. The monoisotopic (exact) mass is 363 g/mol. The van der Waals surface area contributed by atoms with Crippen molar-refractivity contribution >= 4 is 5.69 Å². The molecular formula is C21H25N5O. The highest BCUT2D eigenvalue weighted by molar-refractivity contribution is 5.50. The first-order valence-corrected chi connectivity index (χ1v) is 9.48. The van der Waals surface area contributed by atoms with E-state index in [0.29, 0.717) is 0 Å². The minimum absolute atomic E-state index is 0.277. The Morgan fingerprint density at radius 3 is 2.33 bits per heavy atom. The van der Waals surface area contributed by atoms with Crippen molar-refractivity contribution in [3.05, 3.63) is 59.9 Å². The summed E-state index contributed by atoms with van der Waals surface area (Å²) >= 11 is 0. The van der Waals surface area contributed by atoms with Crippen LogP contribution in [0.25, 0.3) is 5.69 Å². The van der Waals surface area contributed by atoms with Crippen molar-refractivity contribution in [3.63, 3.8) is 0 Å². The summed E-state index contributed by atoms with van der Waals surface area (Å²) in [4.78, 5) is 0. The number of hydrogen-bond acceptors (Lipinski definition) is 5. The van der Waals surface area contributed by atoms with Crippen LogP contribution in [0.3, 0.4) is 0 Å². The van der Waals surface area contributed by atoms with Gasteiger partial charge in [0.05, 0.1) is 18.3 Å². The summed E-state index contributed by atoms with van der Waals surface area (Å²) in [6.07, 6.45) is 5.57. The Balaban J connectivity index is 1.72. The van der Waals surface area contributed by atoms with Crippen molar-refractivity contribution in [2.45, 2.75) is 44.6 Å². The van der Waals surface area contributed by atoms with Crippen LogP contribution in [0.15, 0.2) is 48.5 Å². The zero-order chi connectivity index (χ0) is 18.7. The highest BCUT2D eigenvalue weighted by Crippen LogP contribution is 2.39. The molecular weight excluding hydrogens is 338 g/mol. The average molecular weight is 363 g/mol. The molecule has 0 unspecified atom stereocenters. The van der Waals surface area contributed by atoms with Crippen LogP contribution in [0.2, 0.25) is 0 Å². The van der Waals surface area contributed by atoms with Crippen LogP contribution in [-0.4, -0.2) is 27.3 Å². The van der Waals surface area contributed by atoms with E-state index in [1.165, 1.54) is 12.0 Å². The average Bonchev–Trinajstić information content (AvgIpc) is 3.20. The largest absolute Gasteiger partial charge is 0.497 e. The van der Waals surface area contributed by atoms with Crippen LogP contribution in [0.4, 0.5) is 5.69 Å². The zero-order valence-corrected chi connectivity index (χ0v) is 15.9. The minimum atomic E-state index is -0.277. The van der Waals surface area contributed by atoms with Gasteiger partial charge in [-0.2, -0.15) is 4.68 Å². The van der Waals surface area contributed by atoms with E-state index in [1.54, 1.807) is 7.11 Å². The Hall–Kier alpha value is -2.89. The van der Waals surface area contributed by atoms with Crippen molar-refractivity contribution in [2.24, 2.45) is 0 Å². The Kier molecular flexibility index (Phi) is 4.79. The van der Waals surface area contributed by atoms with Gasteiger partial charge in [-0.05, 0) is 66.6 Å². The molecule has 0 bridgehead atoms. The molecule has 6 heteroatoms. The normalized spacial score (nSPS) is 16.1. The highest BCUT2D eigenvalue weighted by Gasteiger charge is 2.39. The fourth-order valence-corrected chi connectivity index (χ4v) is 3.86. The van der Waals surface area contributed by atoms with E-state index < -0.39 is 0 Å². The van der Waals surface area contributed by atoms with Gasteiger partial charge >= 0.3 is 0 Å². The van der Waals surface area contributed by atoms with Crippen LogP contribution < -0.4 is 10.1 Å². The van der Waals surface area contributed by atoms with E-state index in [-0.39, 0.29) is 5.54 Å². The molecule has 0 aliphatic heterocycles. The maximum Gasteiger partial charge on any atom is 0.181 e. The molecule has 0 saturated heterocycles. The lowest BCUT2D eigenvalue weighted by atomic mass is 9.80. The van der Waals surface area contributed by atoms with Gasteiger partial charge in [0.25, 0.3) is 0 Å². The molecule has 27 heavy (non-hydrogen) atoms. The van der Waals surface area contributed by atoms with Crippen LogP contribution >= 0.6 is 0 Å². The highest BCUT2D eigenvalue weighted by atomic mass is 16.5. The number of anilines is 1. The van der Waals surface area contributed by atoms with Gasteiger partial charge in [0, 0.05) is 5.69 Å². The number of tetrazole rings is 1. The molecule has 0 spiro atoms. The number of methoxy groups -OCH3 is 1. The van der Waals surface area contributed by atoms with Gasteiger partial charge in [0.15, 0.2) is 5.82 Å². The summed E-state index contributed by atoms with van der Waals surface area (Å²) in [5.41, 5.74) is 2.98. The molecule has 0 radical (unpaired) electrons. The number of benzene rings is 2. The molecule has 2 aromatic carbocycles. The second-order valence-corrected chi connectivity index (χ2v) is 7.25. The van der Waals surface area contributed by atoms with E-state index >= 15 is 0 Å². The summed E-state index contributed by atoms with van der Waals surface area (Å²) in [5.74, 6) is 1.73. The first kappa shape index (κ1) is 17.5. The van der Waals surface area contributed by atoms with Crippen LogP contribution in [0.5, 0.6) is 5.75 Å². The number of rotatable bonds is 5. The Morgan fingerprint density at radius 1 is 0.963 bits per heavy atom. The minimum Gasteiger partial charge on any atom is -0.497 e. The lowest BCUT2D eigenvalue weighted by Crippen LogP contribution is -2.40. The lowest BCUT2D eigenvalue weighted by molar-refractivity contribution is 0.309. The topological polar surface area (TPSA) is 64.9 Å². The standard InChI is InChI=1S/C21H25N5O/c1-16-6-10-18(11-7-16)26-20(23-24-25-26)21(14-4-3-5-15-21)22-17-8-12-19(27-2)13-9-17/h6-13,22H,3-5,14-15H2,1-2H3. The SMILES string of the molecule is COc1ccc(NC2(c3nnnn3-c3ccc(C)cc3)CCCCC2)cc1. The van der Waals surface area contributed by atoms with Gasteiger partial charge in [0.1, 0.15) is 5.75 Å². The van der Waals surface area contributed by atoms with Crippen molar-refractivity contribution in [2.75, 3.05) is 12.4 Å². The number of ether oxygens (including phenoxy) is 1. The fraction of sp³-hybridized carbons (Fsp3) is 0.381. The summed E-state index contributed by atoms with van der Waals surface area (Å²) in [7, 11) is 1.68. The smallest absolute Gasteiger partial charge is 0.181 e. The van der Waals surface area contributed by atoms with E-state index in [2.05, 4.69) is 64.2 Å². The second-order valence-electron chi connectivity index (χ2n) is 7.25. The molecule has 1 aromatic heterocycles. The molecule has 1 saturated carbocycles. The molecule has 1 aliphatic carbocycles. The van der Waals surface area contributed by atoms with Crippen LogP contribution in [0.1, 0.15) is 43.5 Å². The quantitative estimate of drug-likeness (QED) is 0.734. The molecule has 1 N–H and O–H groups in total. The third-order valence-electron chi connectivity index (χ3n) is 5.36. The second kappa shape index (κ2) is 7.39. The molecule has 4 rings (SSSR count). The van der Waals surface area contributed by atoms with Gasteiger partial charge in [-0.1, -0.05) is 37.0 Å². The molecule has 3 aromatic rings. The predicted molar refractivity (Wildman–Crippen MR) is 105 cm³/mol. The number of nitrogens with zero attached hydrogens (tertiary/aromatic N) is 4. The lowest BCUT2D eigenvalue weighted by Gasteiger charge is -2.37. The maximum atomic E-state index is 5.28. The first-order valence-electron chi connectivity index (χ1n) is 9.48. The van der Waals surface area contributed by atoms with E-state index in [1.807, 2.05) is 16.8 Å². The Labute approximate surface area is 159 Å². The van der Waals surface area contributed by atoms with Crippen LogP contribution in [0, 0.1) is 6.92 Å². The van der Waals surface area contributed by atoms with Gasteiger partial charge in [-0.15, -0.1) is 5.10 Å². The summed E-state index contributed by atoms with van der Waals surface area (Å²) in [6, 6.07) is 16.4. The Morgan fingerprint density at radius 2 is 1.67 bits per heavy atom. The van der Waals surface area contributed by atoms with Gasteiger partial charge in [-0.3, -0.25) is 0 Å². The number of hydrogen-bond donors (Lipinski definition) is 1. The molecule has 0 amide bonds. The predicted octanol–water partition coefficient (Wildman–Crippen LogP) is 4.25. The number of nitrogens with one attached hydrogen (secondary N) is 1. The van der Waals surface area contributed by atoms with Gasteiger partial charge in [0.2, 0.25) is 0 Å². The van der Waals surface area contributed by atoms with Gasteiger partial charge in [-0.25, -0.2) is 0 Å². The first-order chi connectivity index (χ1) is 13.2. The third-order valence-corrected chi connectivity index (χ3v) is 5.36. The van der Waals surface area contributed by atoms with Crippen molar-refractivity contribution in [1.82, 2.24) is 20.2 Å². The third kappa shape index (κ3) is 3.52. The summed E-state index contributed by atoms with van der Waals surface area (Å²) in [5, 5.41) is 16.5. The molecule has 1 heterocycles. The molecule has 1 fully saturated rings. The molecule has 140 valence electrons. The van der Waals surface area contributed by atoms with Crippen molar-refractivity contribution in [3.8, 4) is 11.4 Å². The van der Waals surface area contributed by atoms with Crippen molar-refractivity contribution < 1.29 is 4.74 Å². The maximum absolute atomic E-state index is 5.28. The van der Waals surface area contributed by atoms with E-state index in [0.717, 1.165) is 48.6 Å².